The van der Waals surface area contributed by atoms with E-state index in [1.807, 2.05) is 20.8 Å². The summed E-state index contributed by atoms with van der Waals surface area (Å²) in [5.41, 5.74) is 0. The molecule has 0 aromatic carbocycles. The molecule has 0 fully saturated rings. The third kappa shape index (κ3) is 13.3. The molecule has 0 unspecified atom stereocenters. The molecule has 5 nitrogen and oxygen atoms in total. The van der Waals surface area contributed by atoms with Crippen LogP contribution in [-0.2, 0) is 30.3 Å². The minimum atomic E-state index is -2.45. The fraction of sp³-hybridized carbons (Fsp3) is 0.846. The van der Waals surface area contributed by atoms with Gasteiger partial charge in [0, 0.05) is 68.9 Å². The number of nitrogens with zero attached hydrogens (tertiary/aromatic N) is 2. The Bertz CT molecular complexity index is 281. The third-order valence-corrected chi connectivity index (χ3v) is 6.11. The van der Waals surface area contributed by atoms with Crippen LogP contribution >= 0.6 is 49.6 Å². The predicted octanol–water partition coefficient (Wildman–Crippen LogP) is 3.79. The van der Waals surface area contributed by atoms with E-state index in [-0.39, 0.29) is 66.7 Å². The first-order valence-electron chi connectivity index (χ1n) is 7.20. The molecule has 1 aliphatic rings. The van der Waals surface area contributed by atoms with Crippen molar-refractivity contribution in [3.05, 3.63) is 12.4 Å². The molecule has 0 saturated heterocycles. The summed E-state index contributed by atoms with van der Waals surface area (Å²) in [5.74, 6) is 0. The van der Waals surface area contributed by atoms with Gasteiger partial charge in [0.1, 0.15) is 0 Å². The minimum Gasteiger partial charge on any atom is -0.374 e. The summed E-state index contributed by atoms with van der Waals surface area (Å²) < 4.78 is 17.5. The van der Waals surface area contributed by atoms with E-state index in [1.165, 1.54) is 0 Å². The molecule has 0 atom stereocenters. The SMILES string of the molecule is CCO[Si](CCCN1C=CN(C)C1)(OCC)OCC.Cl.Cl.Cl.Cl.[Fe]. The molecule has 0 bridgehead atoms. The van der Waals surface area contributed by atoms with Crippen molar-refractivity contribution in [2.75, 3.05) is 40.1 Å². The van der Waals surface area contributed by atoms with Gasteiger partial charge in [-0.1, -0.05) is 0 Å². The molecule has 0 spiro atoms. The molecule has 24 heavy (non-hydrogen) atoms. The number of rotatable bonds is 10. The molecular weight excluding hydrogens is 458 g/mol. The van der Waals surface area contributed by atoms with Gasteiger partial charge in [-0.3, -0.25) is 0 Å². The van der Waals surface area contributed by atoms with Crippen molar-refractivity contribution < 1.29 is 30.3 Å². The van der Waals surface area contributed by atoms with Crippen LogP contribution in [0.25, 0.3) is 0 Å². The molecule has 0 radical (unpaired) electrons. The van der Waals surface area contributed by atoms with Crippen molar-refractivity contribution in [3.63, 3.8) is 0 Å². The van der Waals surface area contributed by atoms with Crippen LogP contribution in [0.1, 0.15) is 27.2 Å². The zero-order chi connectivity index (χ0) is 14.1. The molecule has 11 heteroatoms. The quantitative estimate of drug-likeness (QED) is 0.436. The van der Waals surface area contributed by atoms with Gasteiger partial charge in [0.25, 0.3) is 0 Å². The maximum atomic E-state index is 5.84. The van der Waals surface area contributed by atoms with Crippen LogP contribution in [0.2, 0.25) is 6.04 Å². The number of halogens is 4. The molecule has 152 valence electrons. The van der Waals surface area contributed by atoms with Crippen molar-refractivity contribution >= 4 is 58.4 Å². The second kappa shape index (κ2) is 20.4. The minimum absolute atomic E-state index is 0. The Hall–Kier alpha value is 1.12. The summed E-state index contributed by atoms with van der Waals surface area (Å²) >= 11 is 0. The zero-order valence-corrected chi connectivity index (χ0v) is 20.1. The van der Waals surface area contributed by atoms with Gasteiger partial charge < -0.3 is 23.1 Å². The predicted molar refractivity (Wildman–Crippen MR) is 108 cm³/mol. The molecule has 0 aromatic heterocycles. The van der Waals surface area contributed by atoms with Gasteiger partial charge in [-0.25, -0.2) is 0 Å². The van der Waals surface area contributed by atoms with Crippen LogP contribution in [0.5, 0.6) is 0 Å². The van der Waals surface area contributed by atoms with E-state index in [0.717, 1.165) is 25.7 Å². The number of hydrogen-bond donors (Lipinski definition) is 0. The number of hydrogen-bond acceptors (Lipinski definition) is 5. The first-order chi connectivity index (χ1) is 9.15. The van der Waals surface area contributed by atoms with E-state index < -0.39 is 8.80 Å². The molecule has 1 heterocycles. The molecule has 0 aromatic rings. The van der Waals surface area contributed by atoms with E-state index in [0.29, 0.717) is 19.8 Å². The molecular formula is C13H32Cl4FeN2O3Si. The van der Waals surface area contributed by atoms with Crippen LogP contribution in [0.15, 0.2) is 12.4 Å². The third-order valence-electron chi connectivity index (χ3n) is 2.96. The zero-order valence-electron chi connectivity index (χ0n) is 14.7. The van der Waals surface area contributed by atoms with Gasteiger partial charge in [0.05, 0.1) is 6.67 Å². The summed E-state index contributed by atoms with van der Waals surface area (Å²) in [7, 11) is -0.369. The van der Waals surface area contributed by atoms with Gasteiger partial charge in [-0.05, 0) is 27.2 Å². The standard InChI is InChI=1S/C13H28N2O3Si.4ClH.Fe/c1-5-16-19(17-6-2,18-7-3)12-8-9-15-11-10-14(4)13-15;;;;;/h10-11H,5-9,12-13H2,1-4H3;4*1H;. The van der Waals surface area contributed by atoms with Gasteiger partial charge in [-0.15, -0.1) is 49.6 Å². The maximum absolute atomic E-state index is 5.84. The molecule has 0 amide bonds. The van der Waals surface area contributed by atoms with Gasteiger partial charge in [0.15, 0.2) is 0 Å². The van der Waals surface area contributed by atoms with Crippen molar-refractivity contribution in [2.45, 2.75) is 33.2 Å². The van der Waals surface area contributed by atoms with Crippen LogP contribution in [0.3, 0.4) is 0 Å². The fourth-order valence-electron chi connectivity index (χ4n) is 2.23. The van der Waals surface area contributed by atoms with Crippen LogP contribution in [0, 0.1) is 0 Å². The van der Waals surface area contributed by atoms with Crippen LogP contribution in [0.4, 0.5) is 0 Å². The Morgan fingerprint density at radius 1 is 0.875 bits per heavy atom. The summed E-state index contributed by atoms with van der Waals surface area (Å²) in [6.45, 7) is 9.93. The average molecular weight is 490 g/mol. The molecule has 1 rings (SSSR count). The van der Waals surface area contributed by atoms with E-state index in [4.69, 9.17) is 13.3 Å². The Morgan fingerprint density at radius 2 is 1.33 bits per heavy atom. The van der Waals surface area contributed by atoms with E-state index in [1.54, 1.807) is 0 Å². The molecule has 0 saturated carbocycles. The summed E-state index contributed by atoms with van der Waals surface area (Å²) in [6, 6.07) is 0.885. The second-order valence-corrected chi connectivity index (χ2v) is 7.33. The van der Waals surface area contributed by atoms with Crippen molar-refractivity contribution in [2.24, 2.45) is 0 Å². The van der Waals surface area contributed by atoms with E-state index in [9.17, 15) is 0 Å². The Balaban J connectivity index is -0.000000241. The van der Waals surface area contributed by atoms with Gasteiger partial charge >= 0.3 is 8.80 Å². The van der Waals surface area contributed by atoms with Gasteiger partial charge in [-0.2, -0.15) is 0 Å². The summed E-state index contributed by atoms with van der Waals surface area (Å²) in [4.78, 5) is 4.46. The first-order valence-corrected chi connectivity index (χ1v) is 9.13. The Labute approximate surface area is 183 Å². The molecule has 0 N–H and O–H groups in total. The normalized spacial score (nSPS) is 12.3. The van der Waals surface area contributed by atoms with E-state index in [2.05, 4.69) is 29.2 Å². The summed E-state index contributed by atoms with van der Waals surface area (Å²) in [5, 5.41) is 0. The fourth-order valence-corrected chi connectivity index (χ4v) is 4.83. The van der Waals surface area contributed by atoms with Crippen molar-refractivity contribution in [1.29, 1.82) is 0 Å². The average Bonchev–Trinajstić information content (AvgIpc) is 2.76. The monoisotopic (exact) mass is 488 g/mol. The van der Waals surface area contributed by atoms with Crippen LogP contribution < -0.4 is 0 Å². The molecule has 1 aliphatic heterocycles. The van der Waals surface area contributed by atoms with Crippen LogP contribution in [-0.4, -0.2) is 58.7 Å². The molecule has 0 aliphatic carbocycles. The van der Waals surface area contributed by atoms with Crippen molar-refractivity contribution in [1.82, 2.24) is 9.80 Å². The Kier molecular flexibility index (Phi) is 30.7. The van der Waals surface area contributed by atoms with E-state index >= 15 is 0 Å². The largest absolute Gasteiger partial charge is 0.500 e. The second-order valence-electron chi connectivity index (χ2n) is 4.59. The Morgan fingerprint density at radius 3 is 1.67 bits per heavy atom. The maximum Gasteiger partial charge on any atom is 0.500 e. The van der Waals surface area contributed by atoms with Crippen molar-refractivity contribution in [3.8, 4) is 0 Å². The van der Waals surface area contributed by atoms with Gasteiger partial charge in [0.2, 0.25) is 0 Å². The smallest absolute Gasteiger partial charge is 0.374 e. The topological polar surface area (TPSA) is 34.2 Å². The summed E-state index contributed by atoms with van der Waals surface area (Å²) in [6.07, 6.45) is 5.26. The first kappa shape index (κ1) is 36.1.